The maximum Gasteiger partial charge on any atom is 0.0616 e. The molecule has 0 fully saturated rings. The smallest absolute Gasteiger partial charge is 0.0616 e. The van der Waals surface area contributed by atoms with Crippen LogP contribution in [0.3, 0.4) is 0 Å². The van der Waals surface area contributed by atoms with Crippen LogP contribution in [0.2, 0.25) is 0 Å². The van der Waals surface area contributed by atoms with Crippen molar-refractivity contribution in [2.75, 3.05) is 0 Å². The van der Waals surface area contributed by atoms with Crippen molar-refractivity contribution >= 4 is 10.6 Å². The van der Waals surface area contributed by atoms with Gasteiger partial charge >= 0.3 is 0 Å². The average molecular weight is 177 g/mol. The molecule has 0 aromatic rings. The molecule has 0 bridgehead atoms. The highest BCUT2D eigenvalue weighted by Crippen LogP contribution is 2.13. The van der Waals surface area contributed by atoms with Crippen LogP contribution in [0.1, 0.15) is 41.5 Å². The van der Waals surface area contributed by atoms with Gasteiger partial charge in [-0.3, -0.25) is 4.21 Å². The molecule has 1 atom stereocenters. The van der Waals surface area contributed by atoms with Crippen molar-refractivity contribution in [3.05, 3.63) is 0 Å². The Hall–Kier alpha value is -0.0500. The van der Waals surface area contributed by atoms with Gasteiger partial charge in [-0.15, -0.1) is 0 Å². The lowest BCUT2D eigenvalue weighted by molar-refractivity contribution is 0.576. The van der Waals surface area contributed by atoms with Gasteiger partial charge in [0.25, 0.3) is 0 Å². The maximum absolute atomic E-state index is 11.5. The minimum Gasteiger partial charge on any atom is -0.252 e. The second-order valence-corrected chi connectivity index (χ2v) is 6.80. The lowest BCUT2D eigenvalue weighted by Crippen LogP contribution is -2.19. The van der Waals surface area contributed by atoms with Crippen molar-refractivity contribution < 1.29 is 4.21 Å². The molecular formula is C8H19NOS. The molecule has 0 aliphatic carbocycles. The van der Waals surface area contributed by atoms with Crippen LogP contribution in [0.25, 0.3) is 0 Å². The normalized spacial score (nSPS) is 16.9. The van der Waals surface area contributed by atoms with Crippen molar-refractivity contribution in [3.8, 4) is 0 Å². The van der Waals surface area contributed by atoms with Crippen LogP contribution >= 0.6 is 0 Å². The van der Waals surface area contributed by atoms with Crippen molar-refractivity contribution in [2.24, 2.45) is 4.36 Å². The molecule has 0 radical (unpaired) electrons. The molecule has 11 heavy (non-hydrogen) atoms. The molecule has 0 amide bonds. The number of thiol groups is 1. The largest absolute Gasteiger partial charge is 0.252 e. The summed E-state index contributed by atoms with van der Waals surface area (Å²) in [5, 5.41) is 0. The molecule has 68 valence electrons. The predicted octanol–water partition coefficient (Wildman–Crippen LogP) is 2.25. The summed E-state index contributed by atoms with van der Waals surface area (Å²) >= 11 is 0. The van der Waals surface area contributed by atoms with Gasteiger partial charge in [0.05, 0.1) is 5.54 Å². The topological polar surface area (TPSA) is 29.4 Å². The fraction of sp³-hybridized carbons (Fsp3) is 1.00. The first-order valence-corrected chi connectivity index (χ1v) is 5.04. The molecule has 0 aliphatic rings. The van der Waals surface area contributed by atoms with E-state index in [1.54, 1.807) is 0 Å². The van der Waals surface area contributed by atoms with Crippen molar-refractivity contribution in [3.63, 3.8) is 0 Å². The Morgan fingerprint density at radius 1 is 1.00 bits per heavy atom. The number of hydrogen-bond donors (Lipinski definition) is 1. The maximum atomic E-state index is 11.5. The van der Waals surface area contributed by atoms with Crippen LogP contribution in [0.4, 0.5) is 0 Å². The second kappa shape index (κ2) is 3.13. The van der Waals surface area contributed by atoms with Gasteiger partial charge in [-0.2, -0.15) is 0 Å². The molecule has 3 heteroatoms. The van der Waals surface area contributed by atoms with Crippen LogP contribution < -0.4 is 0 Å². The third-order valence-electron chi connectivity index (χ3n) is 0.965. The summed E-state index contributed by atoms with van der Waals surface area (Å²) in [7, 11) is -1.43. The molecule has 0 rings (SSSR count). The average Bonchev–Trinajstić information content (AvgIpc) is 1.56. The number of nitrogens with zero attached hydrogens (tertiary/aromatic N) is 1. The highest BCUT2D eigenvalue weighted by Gasteiger charge is 2.15. The summed E-state index contributed by atoms with van der Waals surface area (Å²) in [5.41, 5.74) is -0.180. The van der Waals surface area contributed by atoms with Crippen LogP contribution in [-0.2, 0) is 10.6 Å². The number of hydrogen-bond acceptors (Lipinski definition) is 2. The molecule has 2 nitrogen and oxygen atoms in total. The van der Waals surface area contributed by atoms with Gasteiger partial charge < -0.3 is 0 Å². The summed E-state index contributed by atoms with van der Waals surface area (Å²) in [6.07, 6.45) is 0. The standard InChI is InChI=1S/C8H19NOS/c1-7(2,3)9-11(10)8(4,5)6/h11H,1-6H3. The van der Waals surface area contributed by atoms with E-state index in [0.29, 0.717) is 0 Å². The summed E-state index contributed by atoms with van der Waals surface area (Å²) in [6, 6.07) is 0. The van der Waals surface area contributed by atoms with E-state index in [9.17, 15) is 4.21 Å². The predicted molar refractivity (Wildman–Crippen MR) is 51.5 cm³/mol. The van der Waals surface area contributed by atoms with Gasteiger partial charge in [0.2, 0.25) is 0 Å². The van der Waals surface area contributed by atoms with Gasteiger partial charge in [-0.25, -0.2) is 4.36 Å². The molecule has 0 aromatic heterocycles. The Balaban J connectivity index is 4.64. The zero-order valence-corrected chi connectivity index (χ0v) is 9.20. The van der Waals surface area contributed by atoms with Gasteiger partial charge in [0.1, 0.15) is 0 Å². The molecule has 0 saturated carbocycles. The Kier molecular flexibility index (Phi) is 3.12. The zero-order chi connectivity index (χ0) is 9.28. The third-order valence-corrected chi connectivity index (χ3v) is 2.89. The van der Waals surface area contributed by atoms with Gasteiger partial charge in [0, 0.05) is 15.3 Å². The lowest BCUT2D eigenvalue weighted by Gasteiger charge is -2.17. The molecule has 0 aliphatic heterocycles. The Labute approximate surface area is 71.6 Å². The minimum atomic E-state index is -1.43. The van der Waals surface area contributed by atoms with Crippen molar-refractivity contribution in [1.29, 1.82) is 0 Å². The van der Waals surface area contributed by atoms with E-state index in [1.807, 2.05) is 41.5 Å². The zero-order valence-electron chi connectivity index (χ0n) is 8.30. The van der Waals surface area contributed by atoms with Gasteiger partial charge in [-0.1, -0.05) is 0 Å². The molecule has 0 N–H and O–H groups in total. The van der Waals surface area contributed by atoms with E-state index in [-0.39, 0.29) is 10.3 Å². The Bertz CT molecular complexity index is 201. The molecule has 0 heterocycles. The first kappa shape index (κ1) is 11.0. The Morgan fingerprint density at radius 2 is 1.36 bits per heavy atom. The fourth-order valence-electron chi connectivity index (χ4n) is 0.422. The fourth-order valence-corrected chi connectivity index (χ4v) is 1.27. The molecule has 0 aromatic carbocycles. The van der Waals surface area contributed by atoms with E-state index in [4.69, 9.17) is 0 Å². The lowest BCUT2D eigenvalue weighted by atomic mass is 10.1. The molecule has 0 spiro atoms. The summed E-state index contributed by atoms with van der Waals surface area (Å²) in [6.45, 7) is 11.7. The molecule has 1 unspecified atom stereocenters. The SMILES string of the molecule is CC(C)(C)/N=[SH](=O)/C(C)(C)C. The van der Waals surface area contributed by atoms with Crippen molar-refractivity contribution in [1.82, 2.24) is 0 Å². The summed E-state index contributed by atoms with van der Waals surface area (Å²) < 4.78 is 15.5. The first-order valence-electron chi connectivity index (χ1n) is 3.83. The van der Waals surface area contributed by atoms with Crippen LogP contribution in [-0.4, -0.2) is 14.5 Å². The first-order chi connectivity index (χ1) is 4.63. The van der Waals surface area contributed by atoms with E-state index >= 15 is 0 Å². The third kappa shape index (κ3) is 5.24. The monoisotopic (exact) mass is 177 g/mol. The second-order valence-electron chi connectivity index (χ2n) is 4.71. The van der Waals surface area contributed by atoms with E-state index in [0.717, 1.165) is 0 Å². The van der Waals surface area contributed by atoms with E-state index < -0.39 is 10.6 Å². The van der Waals surface area contributed by atoms with E-state index in [2.05, 4.69) is 4.36 Å². The van der Waals surface area contributed by atoms with E-state index in [1.165, 1.54) is 0 Å². The molecular weight excluding hydrogens is 158 g/mol. The van der Waals surface area contributed by atoms with Crippen LogP contribution in [0, 0.1) is 0 Å². The number of rotatable bonds is 0. The minimum absolute atomic E-state index is 0.180. The molecule has 0 saturated heterocycles. The summed E-state index contributed by atoms with van der Waals surface area (Å²) in [4.78, 5) is 0. The summed E-state index contributed by atoms with van der Waals surface area (Å²) in [5.74, 6) is 0. The van der Waals surface area contributed by atoms with Crippen LogP contribution in [0.15, 0.2) is 4.36 Å². The Morgan fingerprint density at radius 3 is 1.45 bits per heavy atom. The highest BCUT2D eigenvalue weighted by atomic mass is 32.2. The quantitative estimate of drug-likeness (QED) is 0.565. The van der Waals surface area contributed by atoms with Crippen LogP contribution in [0.5, 0.6) is 0 Å². The van der Waals surface area contributed by atoms with Gasteiger partial charge in [0.15, 0.2) is 0 Å². The highest BCUT2D eigenvalue weighted by molar-refractivity contribution is 7.76. The van der Waals surface area contributed by atoms with Crippen molar-refractivity contribution in [2.45, 2.75) is 51.8 Å². The van der Waals surface area contributed by atoms with Gasteiger partial charge in [-0.05, 0) is 41.5 Å².